The van der Waals surface area contributed by atoms with E-state index in [1.54, 1.807) is 4.90 Å². The van der Waals surface area contributed by atoms with Gasteiger partial charge in [0.1, 0.15) is 11.8 Å². The first-order chi connectivity index (χ1) is 14.0. The molecule has 0 aliphatic heterocycles. The highest BCUT2D eigenvalue weighted by atomic mass is 16.5. The van der Waals surface area contributed by atoms with E-state index in [-0.39, 0.29) is 18.4 Å². The zero-order valence-electron chi connectivity index (χ0n) is 17.9. The monoisotopic (exact) mass is 396 g/mol. The normalized spacial score (nSPS) is 11.6. The lowest BCUT2D eigenvalue weighted by molar-refractivity contribution is -0.142. The summed E-state index contributed by atoms with van der Waals surface area (Å²) in [6, 6.07) is 15.1. The Hall–Kier alpha value is -2.82. The Morgan fingerprint density at radius 3 is 2.31 bits per heavy atom. The zero-order chi connectivity index (χ0) is 21.2. The number of hydrogen-bond donors (Lipinski definition) is 1. The Morgan fingerprint density at radius 1 is 1.03 bits per heavy atom. The smallest absolute Gasteiger partial charge is 0.261 e. The minimum Gasteiger partial charge on any atom is -0.484 e. The van der Waals surface area contributed by atoms with E-state index < -0.39 is 6.04 Å². The molecule has 0 unspecified atom stereocenters. The molecule has 2 aromatic carbocycles. The van der Waals surface area contributed by atoms with Crippen molar-refractivity contribution in [2.75, 3.05) is 13.2 Å². The van der Waals surface area contributed by atoms with Crippen LogP contribution >= 0.6 is 0 Å². The second-order valence-corrected chi connectivity index (χ2v) is 7.05. The van der Waals surface area contributed by atoms with Gasteiger partial charge in [-0.05, 0) is 55.5 Å². The van der Waals surface area contributed by atoms with Gasteiger partial charge < -0.3 is 15.0 Å². The highest BCUT2D eigenvalue weighted by Gasteiger charge is 2.28. The van der Waals surface area contributed by atoms with Gasteiger partial charge in [-0.3, -0.25) is 9.59 Å². The number of ether oxygens (including phenoxy) is 1. The maximum absolute atomic E-state index is 13.1. The third kappa shape index (κ3) is 6.34. The third-order valence-corrected chi connectivity index (χ3v) is 5.03. The van der Waals surface area contributed by atoms with E-state index in [2.05, 4.69) is 12.2 Å². The predicted molar refractivity (Wildman–Crippen MR) is 116 cm³/mol. The SMILES string of the molecule is CCNC(=O)[C@H](CC)N(Cc1ccccc1C)C(=O)COc1ccc(CC)cc1. The maximum Gasteiger partial charge on any atom is 0.261 e. The summed E-state index contributed by atoms with van der Waals surface area (Å²) < 4.78 is 5.73. The average molecular weight is 397 g/mol. The summed E-state index contributed by atoms with van der Waals surface area (Å²) in [7, 11) is 0. The summed E-state index contributed by atoms with van der Waals surface area (Å²) in [5.74, 6) is 0.313. The van der Waals surface area contributed by atoms with E-state index in [1.807, 2.05) is 69.3 Å². The number of likely N-dealkylation sites (N-methyl/N-ethyl adjacent to an activating group) is 1. The summed E-state index contributed by atoms with van der Waals surface area (Å²) in [5.41, 5.74) is 3.33. The quantitative estimate of drug-likeness (QED) is 0.663. The molecule has 0 spiro atoms. The second-order valence-electron chi connectivity index (χ2n) is 7.05. The van der Waals surface area contributed by atoms with Crippen molar-refractivity contribution in [1.82, 2.24) is 10.2 Å². The van der Waals surface area contributed by atoms with Crippen LogP contribution < -0.4 is 10.1 Å². The molecule has 0 saturated carbocycles. The fourth-order valence-electron chi connectivity index (χ4n) is 3.23. The van der Waals surface area contributed by atoms with Gasteiger partial charge in [-0.15, -0.1) is 0 Å². The summed E-state index contributed by atoms with van der Waals surface area (Å²) in [6.45, 7) is 8.70. The van der Waals surface area contributed by atoms with E-state index in [4.69, 9.17) is 4.74 Å². The van der Waals surface area contributed by atoms with Gasteiger partial charge >= 0.3 is 0 Å². The van der Waals surface area contributed by atoms with Gasteiger partial charge in [0.2, 0.25) is 5.91 Å². The molecule has 5 heteroatoms. The van der Waals surface area contributed by atoms with Crippen LogP contribution in [0.15, 0.2) is 48.5 Å². The fourth-order valence-corrected chi connectivity index (χ4v) is 3.23. The van der Waals surface area contributed by atoms with Crippen molar-refractivity contribution >= 4 is 11.8 Å². The summed E-state index contributed by atoms with van der Waals surface area (Å²) in [4.78, 5) is 27.3. The minimum absolute atomic E-state index is 0.104. The number of carbonyl (C=O) groups excluding carboxylic acids is 2. The Balaban J connectivity index is 2.18. The molecule has 1 atom stereocenters. The van der Waals surface area contributed by atoms with Crippen molar-refractivity contribution in [1.29, 1.82) is 0 Å². The lowest BCUT2D eigenvalue weighted by Gasteiger charge is -2.31. The molecule has 0 aliphatic carbocycles. The second kappa shape index (κ2) is 11.2. The number of benzene rings is 2. The van der Waals surface area contributed by atoms with Gasteiger partial charge in [-0.1, -0.05) is 50.2 Å². The number of hydrogen-bond acceptors (Lipinski definition) is 3. The van der Waals surface area contributed by atoms with Crippen LogP contribution in [0.2, 0.25) is 0 Å². The standard InChI is InChI=1S/C24H32N2O3/c1-5-19-12-14-21(15-13-19)29-17-23(27)26(22(6-2)24(28)25-7-3)16-20-11-9-8-10-18(20)4/h8-15,22H,5-7,16-17H2,1-4H3,(H,25,28)/t22-/m0/s1. The van der Waals surface area contributed by atoms with E-state index >= 15 is 0 Å². The van der Waals surface area contributed by atoms with Crippen LogP contribution in [0.25, 0.3) is 0 Å². The molecule has 0 bridgehead atoms. The topological polar surface area (TPSA) is 58.6 Å². The van der Waals surface area contributed by atoms with Gasteiger partial charge in [0.05, 0.1) is 0 Å². The van der Waals surface area contributed by atoms with Crippen molar-refractivity contribution < 1.29 is 14.3 Å². The molecule has 156 valence electrons. The van der Waals surface area contributed by atoms with Crippen molar-refractivity contribution in [3.05, 3.63) is 65.2 Å². The number of nitrogens with zero attached hydrogens (tertiary/aromatic N) is 1. The van der Waals surface area contributed by atoms with Crippen molar-refractivity contribution in [3.8, 4) is 5.75 Å². The molecule has 2 rings (SSSR count). The summed E-state index contributed by atoms with van der Waals surface area (Å²) in [6.07, 6.45) is 1.49. The number of rotatable bonds is 10. The Morgan fingerprint density at radius 2 is 1.72 bits per heavy atom. The molecule has 0 heterocycles. The molecule has 1 N–H and O–H groups in total. The average Bonchev–Trinajstić information content (AvgIpc) is 2.73. The van der Waals surface area contributed by atoms with Crippen LogP contribution in [0.1, 0.15) is 43.9 Å². The first-order valence-corrected chi connectivity index (χ1v) is 10.3. The van der Waals surface area contributed by atoms with Gasteiger partial charge in [0.25, 0.3) is 5.91 Å². The summed E-state index contributed by atoms with van der Waals surface area (Å²) >= 11 is 0. The van der Waals surface area contributed by atoms with Crippen molar-refractivity contribution in [2.45, 2.75) is 53.1 Å². The fraction of sp³-hybridized carbons (Fsp3) is 0.417. The first-order valence-electron chi connectivity index (χ1n) is 10.3. The largest absolute Gasteiger partial charge is 0.484 e. The van der Waals surface area contributed by atoms with Crippen molar-refractivity contribution in [3.63, 3.8) is 0 Å². The lowest BCUT2D eigenvalue weighted by Crippen LogP contribution is -2.50. The molecule has 2 aromatic rings. The molecule has 0 aromatic heterocycles. The van der Waals surface area contributed by atoms with Crippen LogP contribution in [0.5, 0.6) is 5.75 Å². The highest BCUT2D eigenvalue weighted by molar-refractivity contribution is 5.88. The van der Waals surface area contributed by atoms with Crippen LogP contribution in [0, 0.1) is 6.92 Å². The number of carbonyl (C=O) groups is 2. The molecular formula is C24H32N2O3. The van der Waals surface area contributed by atoms with E-state index in [0.717, 1.165) is 17.5 Å². The van der Waals surface area contributed by atoms with Crippen LogP contribution in [0.4, 0.5) is 0 Å². The molecule has 0 radical (unpaired) electrons. The van der Waals surface area contributed by atoms with E-state index in [9.17, 15) is 9.59 Å². The third-order valence-electron chi connectivity index (χ3n) is 5.03. The minimum atomic E-state index is -0.534. The molecule has 29 heavy (non-hydrogen) atoms. The molecule has 0 saturated heterocycles. The van der Waals surface area contributed by atoms with Gasteiger partial charge in [0, 0.05) is 13.1 Å². The molecule has 0 fully saturated rings. The van der Waals surface area contributed by atoms with Crippen LogP contribution in [-0.4, -0.2) is 35.9 Å². The number of nitrogens with one attached hydrogen (secondary N) is 1. The van der Waals surface area contributed by atoms with Crippen LogP contribution in [0.3, 0.4) is 0 Å². The van der Waals surface area contributed by atoms with Gasteiger partial charge in [-0.2, -0.15) is 0 Å². The number of amides is 2. The highest BCUT2D eigenvalue weighted by Crippen LogP contribution is 2.17. The molecule has 2 amide bonds. The predicted octanol–water partition coefficient (Wildman–Crippen LogP) is 3.88. The van der Waals surface area contributed by atoms with E-state index in [1.165, 1.54) is 5.56 Å². The van der Waals surface area contributed by atoms with Crippen LogP contribution in [-0.2, 0) is 22.6 Å². The van der Waals surface area contributed by atoms with Crippen molar-refractivity contribution in [2.24, 2.45) is 0 Å². The molecule has 0 aliphatic rings. The molecule has 5 nitrogen and oxygen atoms in total. The molecular weight excluding hydrogens is 364 g/mol. The lowest BCUT2D eigenvalue weighted by atomic mass is 10.1. The Bertz CT molecular complexity index is 802. The maximum atomic E-state index is 13.1. The number of aryl methyl sites for hydroxylation is 2. The van der Waals surface area contributed by atoms with Gasteiger partial charge in [-0.25, -0.2) is 0 Å². The Labute approximate surface area is 174 Å². The van der Waals surface area contributed by atoms with E-state index in [0.29, 0.717) is 25.3 Å². The van der Waals surface area contributed by atoms with Gasteiger partial charge in [0.15, 0.2) is 6.61 Å². The Kier molecular flexibility index (Phi) is 8.71. The first kappa shape index (κ1) is 22.5. The zero-order valence-corrected chi connectivity index (χ0v) is 17.9. The summed E-state index contributed by atoms with van der Waals surface area (Å²) in [5, 5.41) is 2.85.